The lowest BCUT2D eigenvalue weighted by Gasteiger charge is -2.12. The fourth-order valence-electron chi connectivity index (χ4n) is 2.08. The Morgan fingerprint density at radius 3 is 2.19 bits per heavy atom. The van der Waals surface area contributed by atoms with Gasteiger partial charge in [0.05, 0.1) is 6.61 Å². The average Bonchev–Trinajstić information content (AvgIpc) is 2.53. The van der Waals surface area contributed by atoms with Gasteiger partial charge >= 0.3 is 0 Å². The first-order valence-electron chi connectivity index (χ1n) is 7.49. The molecular formula is C18H23NO2. The van der Waals surface area contributed by atoms with Crippen LogP contribution in [0.2, 0.25) is 0 Å². The molecule has 0 aliphatic carbocycles. The highest BCUT2D eigenvalue weighted by atomic mass is 16.5. The highest BCUT2D eigenvalue weighted by molar-refractivity contribution is 5.39. The van der Waals surface area contributed by atoms with E-state index < -0.39 is 0 Å². The van der Waals surface area contributed by atoms with Crippen LogP contribution in [0.15, 0.2) is 54.6 Å². The zero-order valence-electron chi connectivity index (χ0n) is 12.5. The van der Waals surface area contributed by atoms with Crippen LogP contribution in [0, 0.1) is 0 Å². The van der Waals surface area contributed by atoms with Crippen LogP contribution in [0.25, 0.3) is 0 Å². The van der Waals surface area contributed by atoms with Crippen LogP contribution in [0.4, 0.5) is 0 Å². The van der Waals surface area contributed by atoms with Crippen molar-refractivity contribution in [2.24, 2.45) is 0 Å². The molecule has 0 saturated heterocycles. The quantitative estimate of drug-likeness (QED) is 0.717. The molecule has 0 unspecified atom stereocenters. The van der Waals surface area contributed by atoms with E-state index in [1.165, 1.54) is 5.56 Å². The summed E-state index contributed by atoms with van der Waals surface area (Å²) in [4.78, 5) is 0. The largest absolute Gasteiger partial charge is 0.490 e. The van der Waals surface area contributed by atoms with Gasteiger partial charge in [-0.2, -0.15) is 0 Å². The average molecular weight is 285 g/mol. The number of benzene rings is 2. The monoisotopic (exact) mass is 285 g/mol. The van der Waals surface area contributed by atoms with Crippen molar-refractivity contribution in [3.05, 3.63) is 60.2 Å². The minimum Gasteiger partial charge on any atom is -0.490 e. The maximum atomic E-state index is 5.75. The van der Waals surface area contributed by atoms with E-state index in [2.05, 4.69) is 29.6 Å². The van der Waals surface area contributed by atoms with E-state index in [9.17, 15) is 0 Å². The predicted molar refractivity (Wildman–Crippen MR) is 86.1 cm³/mol. The summed E-state index contributed by atoms with van der Waals surface area (Å²) in [5.74, 6) is 1.62. The molecule has 0 saturated carbocycles. The van der Waals surface area contributed by atoms with Crippen molar-refractivity contribution < 1.29 is 9.47 Å². The Kier molecular flexibility index (Phi) is 6.62. The Labute approximate surface area is 126 Å². The fraction of sp³-hybridized carbons (Fsp3) is 0.333. The first-order valence-corrected chi connectivity index (χ1v) is 7.49. The Balaban J connectivity index is 1.64. The number of hydrogen-bond acceptors (Lipinski definition) is 3. The van der Waals surface area contributed by atoms with Crippen molar-refractivity contribution in [1.82, 2.24) is 5.32 Å². The predicted octanol–water partition coefficient (Wildman–Crippen LogP) is 3.30. The normalized spacial score (nSPS) is 10.3. The maximum absolute atomic E-state index is 5.75. The molecule has 2 aromatic carbocycles. The highest BCUT2D eigenvalue weighted by Gasteiger charge is 2.02. The molecule has 2 aromatic rings. The second-order valence-electron chi connectivity index (χ2n) is 4.71. The molecule has 3 heteroatoms. The van der Waals surface area contributed by atoms with Crippen LogP contribution >= 0.6 is 0 Å². The van der Waals surface area contributed by atoms with Gasteiger partial charge in [-0.15, -0.1) is 0 Å². The summed E-state index contributed by atoms with van der Waals surface area (Å²) in [6.07, 6.45) is 1.04. The van der Waals surface area contributed by atoms with E-state index >= 15 is 0 Å². The molecular weight excluding hydrogens is 262 g/mol. The molecule has 21 heavy (non-hydrogen) atoms. The smallest absolute Gasteiger partial charge is 0.161 e. The molecule has 0 heterocycles. The molecule has 0 aliphatic rings. The van der Waals surface area contributed by atoms with Gasteiger partial charge < -0.3 is 14.8 Å². The summed E-state index contributed by atoms with van der Waals surface area (Å²) >= 11 is 0. The number of rotatable bonds is 9. The van der Waals surface area contributed by atoms with Crippen molar-refractivity contribution in [3.63, 3.8) is 0 Å². The zero-order valence-corrected chi connectivity index (χ0v) is 12.5. The van der Waals surface area contributed by atoms with Crippen molar-refractivity contribution >= 4 is 0 Å². The fourth-order valence-corrected chi connectivity index (χ4v) is 2.08. The van der Waals surface area contributed by atoms with Gasteiger partial charge in [0.2, 0.25) is 0 Å². The van der Waals surface area contributed by atoms with Crippen LogP contribution in [0.5, 0.6) is 11.5 Å². The number of ether oxygens (including phenoxy) is 2. The van der Waals surface area contributed by atoms with Gasteiger partial charge in [0.1, 0.15) is 6.61 Å². The molecule has 0 fully saturated rings. The van der Waals surface area contributed by atoms with Crippen molar-refractivity contribution in [3.8, 4) is 11.5 Å². The third-order valence-corrected chi connectivity index (χ3v) is 3.12. The second-order valence-corrected chi connectivity index (χ2v) is 4.71. The Bertz CT molecular complexity index is 514. The van der Waals surface area contributed by atoms with Gasteiger partial charge in [-0.25, -0.2) is 0 Å². The minimum absolute atomic E-state index is 0.638. The Morgan fingerprint density at radius 1 is 0.810 bits per heavy atom. The van der Waals surface area contributed by atoms with Crippen LogP contribution in [-0.4, -0.2) is 26.3 Å². The van der Waals surface area contributed by atoms with Gasteiger partial charge in [0.25, 0.3) is 0 Å². The highest BCUT2D eigenvalue weighted by Crippen LogP contribution is 2.25. The van der Waals surface area contributed by atoms with Gasteiger partial charge in [0, 0.05) is 6.54 Å². The van der Waals surface area contributed by atoms with Gasteiger partial charge in [-0.3, -0.25) is 0 Å². The summed E-state index contributed by atoms with van der Waals surface area (Å²) in [5.41, 5.74) is 1.35. The molecule has 0 aromatic heterocycles. The van der Waals surface area contributed by atoms with E-state index in [0.29, 0.717) is 13.2 Å². The lowest BCUT2D eigenvalue weighted by Crippen LogP contribution is -2.23. The Hall–Kier alpha value is -2.00. The first kappa shape index (κ1) is 15.4. The Morgan fingerprint density at radius 2 is 1.48 bits per heavy atom. The van der Waals surface area contributed by atoms with Gasteiger partial charge in [-0.1, -0.05) is 42.5 Å². The van der Waals surface area contributed by atoms with E-state index in [1.807, 2.05) is 37.3 Å². The van der Waals surface area contributed by atoms with Crippen molar-refractivity contribution in [1.29, 1.82) is 0 Å². The van der Waals surface area contributed by atoms with E-state index in [0.717, 1.165) is 31.0 Å². The molecule has 0 atom stereocenters. The van der Waals surface area contributed by atoms with E-state index in [-0.39, 0.29) is 0 Å². The van der Waals surface area contributed by atoms with Crippen molar-refractivity contribution in [2.75, 3.05) is 26.3 Å². The molecule has 112 valence electrons. The number of hydrogen-bond donors (Lipinski definition) is 1. The molecule has 0 radical (unpaired) electrons. The molecule has 1 N–H and O–H groups in total. The first-order chi connectivity index (χ1) is 10.4. The molecule has 0 amide bonds. The zero-order chi connectivity index (χ0) is 14.8. The molecule has 3 nitrogen and oxygen atoms in total. The molecule has 0 bridgehead atoms. The van der Waals surface area contributed by atoms with E-state index in [4.69, 9.17) is 9.47 Å². The van der Waals surface area contributed by atoms with Crippen LogP contribution in [-0.2, 0) is 6.42 Å². The molecule has 0 spiro atoms. The van der Waals surface area contributed by atoms with Gasteiger partial charge in [0.15, 0.2) is 11.5 Å². The summed E-state index contributed by atoms with van der Waals surface area (Å²) in [6, 6.07) is 18.3. The lowest BCUT2D eigenvalue weighted by atomic mass is 10.1. The summed E-state index contributed by atoms with van der Waals surface area (Å²) in [6.45, 7) is 5.05. The SMILES string of the molecule is CCOc1ccccc1OCCNCCc1ccccc1. The third-order valence-electron chi connectivity index (χ3n) is 3.12. The van der Waals surface area contributed by atoms with Crippen LogP contribution in [0.3, 0.4) is 0 Å². The number of nitrogens with one attached hydrogen (secondary N) is 1. The third kappa shape index (κ3) is 5.48. The number of para-hydroxylation sites is 2. The molecule has 2 rings (SSSR count). The van der Waals surface area contributed by atoms with Crippen LogP contribution in [0.1, 0.15) is 12.5 Å². The lowest BCUT2D eigenvalue weighted by molar-refractivity contribution is 0.276. The second kappa shape index (κ2) is 9.03. The summed E-state index contributed by atoms with van der Waals surface area (Å²) in [5, 5.41) is 3.39. The summed E-state index contributed by atoms with van der Waals surface area (Å²) < 4.78 is 11.3. The summed E-state index contributed by atoms with van der Waals surface area (Å²) in [7, 11) is 0. The van der Waals surface area contributed by atoms with E-state index in [1.54, 1.807) is 0 Å². The minimum atomic E-state index is 0.638. The van der Waals surface area contributed by atoms with Crippen molar-refractivity contribution in [2.45, 2.75) is 13.3 Å². The van der Waals surface area contributed by atoms with Gasteiger partial charge in [-0.05, 0) is 37.6 Å². The maximum Gasteiger partial charge on any atom is 0.161 e. The topological polar surface area (TPSA) is 30.5 Å². The molecule has 0 aliphatic heterocycles. The van der Waals surface area contributed by atoms with Crippen LogP contribution < -0.4 is 14.8 Å². The standard InChI is InChI=1S/C18H23NO2/c1-2-20-17-10-6-7-11-18(17)21-15-14-19-13-12-16-8-4-3-5-9-16/h3-11,19H,2,12-15H2,1H3.